The number of aromatic nitrogens is 2. The molecule has 0 aliphatic carbocycles. The van der Waals surface area contributed by atoms with Crippen molar-refractivity contribution in [3.63, 3.8) is 0 Å². The molecule has 0 amide bonds. The number of fused-ring (bicyclic) bond motifs is 1. The van der Waals surface area contributed by atoms with Crippen LogP contribution >= 0.6 is 0 Å². The molecule has 1 saturated heterocycles. The van der Waals surface area contributed by atoms with Gasteiger partial charge < -0.3 is 15.6 Å². The first-order valence-electron chi connectivity index (χ1n) is 6.86. The van der Waals surface area contributed by atoms with E-state index in [1.807, 2.05) is 6.20 Å². The van der Waals surface area contributed by atoms with E-state index in [-0.39, 0.29) is 6.17 Å². The third-order valence-corrected chi connectivity index (χ3v) is 4.08. The SMILES string of the molecule is NC1CCCc2cnc(CC3CCCNC3)n21. The molecule has 4 heteroatoms. The Hall–Kier alpha value is -0.870. The van der Waals surface area contributed by atoms with Crippen LogP contribution in [0.25, 0.3) is 0 Å². The van der Waals surface area contributed by atoms with E-state index in [0.29, 0.717) is 0 Å². The van der Waals surface area contributed by atoms with Gasteiger partial charge in [0.1, 0.15) is 5.82 Å². The first kappa shape index (κ1) is 11.2. The van der Waals surface area contributed by atoms with Gasteiger partial charge in [-0.25, -0.2) is 4.98 Å². The van der Waals surface area contributed by atoms with Gasteiger partial charge in [-0.05, 0) is 51.1 Å². The highest BCUT2D eigenvalue weighted by atomic mass is 15.2. The van der Waals surface area contributed by atoms with Crippen LogP contribution in [0.4, 0.5) is 0 Å². The van der Waals surface area contributed by atoms with E-state index < -0.39 is 0 Å². The monoisotopic (exact) mass is 234 g/mol. The number of hydrogen-bond acceptors (Lipinski definition) is 3. The zero-order valence-corrected chi connectivity index (χ0v) is 10.4. The Morgan fingerprint density at radius 2 is 2.35 bits per heavy atom. The summed E-state index contributed by atoms with van der Waals surface area (Å²) in [4.78, 5) is 4.60. The molecular formula is C13H22N4. The first-order valence-corrected chi connectivity index (χ1v) is 6.86. The van der Waals surface area contributed by atoms with Crippen LogP contribution in [-0.4, -0.2) is 22.6 Å². The molecule has 0 bridgehead atoms. The van der Waals surface area contributed by atoms with E-state index in [0.717, 1.165) is 31.7 Å². The Balaban J connectivity index is 1.76. The van der Waals surface area contributed by atoms with E-state index in [1.165, 1.54) is 37.3 Å². The van der Waals surface area contributed by atoms with Gasteiger partial charge in [0, 0.05) is 18.3 Å². The van der Waals surface area contributed by atoms with Crippen molar-refractivity contribution < 1.29 is 0 Å². The summed E-state index contributed by atoms with van der Waals surface area (Å²) in [5, 5.41) is 3.47. The van der Waals surface area contributed by atoms with Gasteiger partial charge in [0.2, 0.25) is 0 Å². The fourth-order valence-electron chi connectivity index (χ4n) is 3.16. The third kappa shape index (κ3) is 2.24. The zero-order valence-electron chi connectivity index (χ0n) is 10.4. The van der Waals surface area contributed by atoms with Crippen LogP contribution in [0.5, 0.6) is 0 Å². The van der Waals surface area contributed by atoms with Gasteiger partial charge in [0.05, 0.1) is 6.17 Å². The Morgan fingerprint density at radius 3 is 3.18 bits per heavy atom. The van der Waals surface area contributed by atoms with Crippen molar-refractivity contribution in [3.05, 3.63) is 17.7 Å². The maximum Gasteiger partial charge on any atom is 0.110 e. The molecule has 3 N–H and O–H groups in total. The molecule has 2 aliphatic heterocycles. The lowest BCUT2D eigenvalue weighted by Gasteiger charge is -2.27. The van der Waals surface area contributed by atoms with E-state index in [1.54, 1.807) is 0 Å². The molecule has 94 valence electrons. The van der Waals surface area contributed by atoms with E-state index in [9.17, 15) is 0 Å². The van der Waals surface area contributed by atoms with Gasteiger partial charge in [-0.1, -0.05) is 0 Å². The lowest BCUT2D eigenvalue weighted by atomic mass is 9.95. The molecule has 1 aromatic heterocycles. The molecule has 3 heterocycles. The minimum absolute atomic E-state index is 0.160. The summed E-state index contributed by atoms with van der Waals surface area (Å²) in [5.74, 6) is 1.95. The molecular weight excluding hydrogens is 212 g/mol. The lowest BCUT2D eigenvalue weighted by molar-refractivity contribution is 0.348. The van der Waals surface area contributed by atoms with Gasteiger partial charge in [0.15, 0.2) is 0 Å². The number of aryl methyl sites for hydroxylation is 1. The molecule has 0 aromatic carbocycles. The molecule has 1 aromatic rings. The second kappa shape index (κ2) is 4.78. The predicted molar refractivity (Wildman–Crippen MR) is 67.7 cm³/mol. The molecule has 2 atom stereocenters. The average molecular weight is 234 g/mol. The second-order valence-electron chi connectivity index (χ2n) is 5.41. The first-order chi connectivity index (χ1) is 8.34. The Morgan fingerprint density at radius 1 is 1.41 bits per heavy atom. The van der Waals surface area contributed by atoms with Crippen molar-refractivity contribution in [2.24, 2.45) is 11.7 Å². The fourth-order valence-corrected chi connectivity index (χ4v) is 3.16. The third-order valence-electron chi connectivity index (χ3n) is 4.08. The van der Waals surface area contributed by atoms with E-state index in [2.05, 4.69) is 14.9 Å². The molecule has 1 fully saturated rings. The van der Waals surface area contributed by atoms with Crippen LogP contribution in [0.2, 0.25) is 0 Å². The number of nitrogens with two attached hydrogens (primary N) is 1. The summed E-state index contributed by atoms with van der Waals surface area (Å²) < 4.78 is 2.29. The van der Waals surface area contributed by atoms with E-state index in [4.69, 9.17) is 5.73 Å². The van der Waals surface area contributed by atoms with Gasteiger partial charge in [0.25, 0.3) is 0 Å². The zero-order chi connectivity index (χ0) is 11.7. The van der Waals surface area contributed by atoms with E-state index >= 15 is 0 Å². The number of nitrogens with zero attached hydrogens (tertiary/aromatic N) is 2. The lowest BCUT2D eigenvalue weighted by Crippen LogP contribution is -2.33. The van der Waals surface area contributed by atoms with Gasteiger partial charge in [-0.3, -0.25) is 0 Å². The van der Waals surface area contributed by atoms with Gasteiger partial charge in [-0.2, -0.15) is 0 Å². The summed E-state index contributed by atoms with van der Waals surface area (Å²) >= 11 is 0. The smallest absolute Gasteiger partial charge is 0.110 e. The van der Waals surface area contributed by atoms with Crippen molar-refractivity contribution in [1.29, 1.82) is 0 Å². The van der Waals surface area contributed by atoms with Gasteiger partial charge >= 0.3 is 0 Å². The van der Waals surface area contributed by atoms with Crippen LogP contribution in [-0.2, 0) is 12.8 Å². The number of hydrogen-bond donors (Lipinski definition) is 2. The van der Waals surface area contributed by atoms with Crippen LogP contribution in [0.1, 0.15) is 43.4 Å². The van der Waals surface area contributed by atoms with Crippen molar-refractivity contribution >= 4 is 0 Å². The number of piperidine rings is 1. The van der Waals surface area contributed by atoms with Gasteiger partial charge in [-0.15, -0.1) is 0 Å². The topological polar surface area (TPSA) is 55.9 Å². The largest absolute Gasteiger partial charge is 0.316 e. The average Bonchev–Trinajstić information content (AvgIpc) is 2.75. The number of nitrogens with one attached hydrogen (secondary N) is 1. The highest BCUT2D eigenvalue weighted by molar-refractivity contribution is 5.10. The molecule has 0 saturated carbocycles. The molecule has 0 radical (unpaired) electrons. The molecule has 0 spiro atoms. The van der Waals surface area contributed by atoms with Crippen LogP contribution < -0.4 is 11.1 Å². The minimum Gasteiger partial charge on any atom is -0.316 e. The summed E-state index contributed by atoms with van der Waals surface area (Å²) in [5.41, 5.74) is 7.54. The minimum atomic E-state index is 0.160. The number of rotatable bonds is 2. The highest BCUT2D eigenvalue weighted by Crippen LogP contribution is 2.25. The molecule has 2 aliphatic rings. The normalized spacial score (nSPS) is 29.0. The Bertz CT molecular complexity index is 379. The Kier molecular flexibility index (Phi) is 3.16. The van der Waals surface area contributed by atoms with Crippen LogP contribution in [0, 0.1) is 5.92 Å². The standard InChI is InChI=1S/C13H22N4/c14-12-5-1-4-11-9-16-13(17(11)12)7-10-3-2-6-15-8-10/h9-10,12,15H,1-8,14H2. The molecule has 3 rings (SSSR count). The summed E-state index contributed by atoms with van der Waals surface area (Å²) in [6.45, 7) is 2.31. The summed E-state index contributed by atoms with van der Waals surface area (Å²) in [6, 6.07) is 0. The van der Waals surface area contributed by atoms with Crippen LogP contribution in [0.3, 0.4) is 0 Å². The molecule has 4 nitrogen and oxygen atoms in total. The highest BCUT2D eigenvalue weighted by Gasteiger charge is 2.22. The summed E-state index contributed by atoms with van der Waals surface area (Å²) in [6.07, 6.45) is 9.34. The molecule has 17 heavy (non-hydrogen) atoms. The predicted octanol–water partition coefficient (Wildman–Crippen LogP) is 1.22. The Labute approximate surface area is 103 Å². The van der Waals surface area contributed by atoms with Crippen molar-refractivity contribution in [3.8, 4) is 0 Å². The second-order valence-corrected chi connectivity index (χ2v) is 5.41. The van der Waals surface area contributed by atoms with Crippen molar-refractivity contribution in [1.82, 2.24) is 14.9 Å². The maximum absolute atomic E-state index is 6.20. The molecule has 2 unspecified atom stereocenters. The maximum atomic E-state index is 6.20. The van der Waals surface area contributed by atoms with Crippen molar-refractivity contribution in [2.75, 3.05) is 13.1 Å². The fraction of sp³-hybridized carbons (Fsp3) is 0.769. The summed E-state index contributed by atoms with van der Waals surface area (Å²) in [7, 11) is 0. The van der Waals surface area contributed by atoms with Crippen molar-refractivity contribution in [2.45, 2.75) is 44.7 Å². The quantitative estimate of drug-likeness (QED) is 0.809. The van der Waals surface area contributed by atoms with Crippen LogP contribution in [0.15, 0.2) is 6.20 Å². The number of imidazole rings is 1.